The van der Waals surface area contributed by atoms with Crippen LogP contribution in [0.15, 0.2) is 40.1 Å². The number of hydrogen-bond donors (Lipinski definition) is 0. The number of aromatic nitrogens is 4. The van der Waals surface area contributed by atoms with Crippen LogP contribution in [0.2, 0.25) is 0 Å². The monoisotopic (exact) mass is 512 g/mol. The van der Waals surface area contributed by atoms with Gasteiger partial charge in [0, 0.05) is 11.6 Å². The summed E-state index contributed by atoms with van der Waals surface area (Å²) >= 11 is 1.39. The number of benzene rings is 1. The van der Waals surface area contributed by atoms with E-state index >= 15 is 0 Å². The lowest BCUT2D eigenvalue weighted by atomic mass is 10.1. The molecule has 0 amide bonds. The van der Waals surface area contributed by atoms with Crippen molar-refractivity contribution in [1.29, 1.82) is 0 Å². The van der Waals surface area contributed by atoms with Crippen LogP contribution in [0, 0.1) is 13.8 Å². The normalized spacial score (nSPS) is 11.3. The van der Waals surface area contributed by atoms with Crippen LogP contribution in [-0.4, -0.2) is 31.6 Å². The molecule has 4 rings (SSSR count). The summed E-state index contributed by atoms with van der Waals surface area (Å²) < 4.78 is 13.1. The Morgan fingerprint density at radius 1 is 1.14 bits per heavy atom. The molecule has 0 fully saturated rings. The molecule has 8 nitrogen and oxygen atoms in total. The van der Waals surface area contributed by atoms with Gasteiger partial charge in [0.2, 0.25) is 0 Å². The fraction of sp³-hybridized carbons (Fsp3) is 0.444. The Kier molecular flexibility index (Phi) is 10.5. The van der Waals surface area contributed by atoms with E-state index < -0.39 is 23.3 Å². The van der Waals surface area contributed by atoms with E-state index in [1.807, 2.05) is 48.5 Å². The number of esters is 1. The second-order valence-electron chi connectivity index (χ2n) is 7.84. The van der Waals surface area contributed by atoms with Gasteiger partial charge in [0.25, 0.3) is 5.56 Å². The van der Waals surface area contributed by atoms with Crippen LogP contribution in [0.3, 0.4) is 0 Å². The number of methoxy groups -OCH3 is 1. The first-order valence-electron chi connectivity index (χ1n) is 12.4. The molecule has 0 aliphatic heterocycles. The van der Waals surface area contributed by atoms with Gasteiger partial charge in [-0.1, -0.05) is 40.7 Å². The van der Waals surface area contributed by atoms with Crippen molar-refractivity contribution >= 4 is 38.6 Å². The predicted molar refractivity (Wildman–Crippen MR) is 147 cm³/mol. The van der Waals surface area contributed by atoms with E-state index in [0.717, 1.165) is 31.5 Å². The standard InChI is InChI=1S/C23H24N4O4S.2C2H6/c1-5-15(11-19(28)31-4)27-22(29)21-17(7-6-8-24-21)26(23(27)30)12-16-20-14(3)9-13(2)10-18(20)32-25-16;2*1-2/h6-10,15H,5,11-12H2,1-4H3;2*1-2H3. The van der Waals surface area contributed by atoms with Crippen molar-refractivity contribution in [2.24, 2.45) is 0 Å². The Morgan fingerprint density at radius 2 is 1.83 bits per heavy atom. The number of fused-ring (bicyclic) bond motifs is 2. The summed E-state index contributed by atoms with van der Waals surface area (Å²) in [5, 5.41) is 1.02. The van der Waals surface area contributed by atoms with E-state index in [0.29, 0.717) is 11.9 Å². The van der Waals surface area contributed by atoms with Crippen molar-refractivity contribution in [1.82, 2.24) is 18.5 Å². The smallest absolute Gasteiger partial charge is 0.332 e. The van der Waals surface area contributed by atoms with Gasteiger partial charge in [-0.2, -0.15) is 4.37 Å². The van der Waals surface area contributed by atoms with E-state index in [-0.39, 0.29) is 18.5 Å². The Bertz CT molecular complexity index is 1450. The third kappa shape index (κ3) is 5.73. The van der Waals surface area contributed by atoms with Crippen LogP contribution >= 0.6 is 11.5 Å². The molecule has 1 atom stereocenters. The molecule has 0 radical (unpaired) electrons. The van der Waals surface area contributed by atoms with Gasteiger partial charge in [-0.25, -0.2) is 9.78 Å². The van der Waals surface area contributed by atoms with E-state index in [1.54, 1.807) is 12.1 Å². The number of hydrogen-bond acceptors (Lipinski definition) is 7. The van der Waals surface area contributed by atoms with Crippen molar-refractivity contribution in [3.05, 3.63) is 68.1 Å². The number of pyridine rings is 1. The fourth-order valence-corrected chi connectivity index (χ4v) is 5.13. The van der Waals surface area contributed by atoms with E-state index in [2.05, 4.69) is 21.5 Å². The Labute approximate surface area is 215 Å². The summed E-state index contributed by atoms with van der Waals surface area (Å²) in [6.45, 7) is 14.1. The summed E-state index contributed by atoms with van der Waals surface area (Å²) in [4.78, 5) is 43.0. The highest BCUT2D eigenvalue weighted by Crippen LogP contribution is 2.28. The van der Waals surface area contributed by atoms with Crippen LogP contribution in [0.25, 0.3) is 21.1 Å². The highest BCUT2D eigenvalue weighted by Gasteiger charge is 2.23. The zero-order chi connectivity index (χ0) is 27.0. The van der Waals surface area contributed by atoms with Gasteiger partial charge in [-0.15, -0.1) is 0 Å². The maximum absolute atomic E-state index is 13.6. The first-order chi connectivity index (χ1) is 17.3. The van der Waals surface area contributed by atoms with Gasteiger partial charge < -0.3 is 4.74 Å². The van der Waals surface area contributed by atoms with Crippen molar-refractivity contribution in [3.63, 3.8) is 0 Å². The number of nitrogens with zero attached hydrogens (tertiary/aromatic N) is 4. The molecule has 1 unspecified atom stereocenters. The fourth-order valence-electron chi connectivity index (χ4n) is 4.16. The summed E-state index contributed by atoms with van der Waals surface area (Å²) in [6.07, 6.45) is 1.87. The molecule has 0 N–H and O–H groups in total. The lowest BCUT2D eigenvalue weighted by Crippen LogP contribution is -2.43. The maximum atomic E-state index is 13.6. The van der Waals surface area contributed by atoms with Crippen molar-refractivity contribution in [3.8, 4) is 0 Å². The van der Waals surface area contributed by atoms with Gasteiger partial charge >= 0.3 is 11.7 Å². The molecule has 1 aromatic carbocycles. The number of rotatable bonds is 6. The Hall–Kier alpha value is -3.33. The van der Waals surface area contributed by atoms with Gasteiger partial charge in [-0.05, 0) is 61.1 Å². The maximum Gasteiger partial charge on any atom is 0.332 e. The molecule has 194 valence electrons. The van der Waals surface area contributed by atoms with Gasteiger partial charge in [-0.3, -0.25) is 18.7 Å². The molecule has 0 aliphatic carbocycles. The lowest BCUT2D eigenvalue weighted by molar-refractivity contribution is -0.141. The van der Waals surface area contributed by atoms with Crippen LogP contribution < -0.4 is 11.2 Å². The topological polar surface area (TPSA) is 96.1 Å². The Balaban J connectivity index is 0.00000109. The number of carbonyl (C=O) groups excluding carboxylic acids is 1. The highest BCUT2D eigenvalue weighted by atomic mass is 32.1. The van der Waals surface area contributed by atoms with Crippen LogP contribution in [0.1, 0.15) is 70.3 Å². The molecular formula is C27H36N4O4S. The Morgan fingerprint density at radius 3 is 2.47 bits per heavy atom. The van der Waals surface area contributed by atoms with Crippen molar-refractivity contribution in [2.45, 2.75) is 73.9 Å². The molecule has 36 heavy (non-hydrogen) atoms. The zero-order valence-electron chi connectivity index (χ0n) is 22.4. The molecule has 0 saturated heterocycles. The number of carbonyl (C=O) groups is 1. The molecule has 3 aromatic heterocycles. The van der Waals surface area contributed by atoms with Crippen LogP contribution in [0.5, 0.6) is 0 Å². The third-order valence-corrected chi connectivity index (χ3v) is 6.53. The minimum atomic E-state index is -0.628. The first-order valence-corrected chi connectivity index (χ1v) is 13.1. The zero-order valence-corrected chi connectivity index (χ0v) is 23.2. The minimum absolute atomic E-state index is 0.0709. The van der Waals surface area contributed by atoms with Crippen LogP contribution in [0.4, 0.5) is 0 Å². The van der Waals surface area contributed by atoms with E-state index in [1.165, 1.54) is 29.4 Å². The molecule has 0 bridgehead atoms. The molecular weight excluding hydrogens is 476 g/mol. The summed E-state index contributed by atoms with van der Waals surface area (Å²) in [6, 6.07) is 6.95. The minimum Gasteiger partial charge on any atom is -0.469 e. The molecule has 9 heteroatoms. The van der Waals surface area contributed by atoms with Gasteiger partial charge in [0.05, 0.1) is 42.0 Å². The quantitative estimate of drug-likeness (QED) is 0.321. The summed E-state index contributed by atoms with van der Waals surface area (Å²) in [7, 11) is 1.29. The molecule has 0 spiro atoms. The molecule has 3 heterocycles. The average molecular weight is 513 g/mol. The number of ether oxygens (including phenoxy) is 1. The second kappa shape index (κ2) is 13.1. The van der Waals surface area contributed by atoms with Gasteiger partial charge in [0.1, 0.15) is 0 Å². The first kappa shape index (κ1) is 28.9. The van der Waals surface area contributed by atoms with Crippen LogP contribution in [-0.2, 0) is 16.1 Å². The largest absolute Gasteiger partial charge is 0.469 e. The van der Waals surface area contributed by atoms with E-state index in [9.17, 15) is 14.4 Å². The third-order valence-electron chi connectivity index (χ3n) is 5.70. The van der Waals surface area contributed by atoms with E-state index in [4.69, 9.17) is 4.74 Å². The molecule has 0 aliphatic rings. The van der Waals surface area contributed by atoms with Crippen molar-refractivity contribution in [2.75, 3.05) is 7.11 Å². The SMILES string of the molecule is CC.CC.CCC(CC(=O)OC)n1c(=O)c2ncccc2n(Cc2nsc3cc(C)cc(C)c23)c1=O. The predicted octanol–water partition coefficient (Wildman–Crippen LogP) is 5.40. The second-order valence-corrected chi connectivity index (χ2v) is 8.65. The highest BCUT2D eigenvalue weighted by molar-refractivity contribution is 7.13. The number of aryl methyl sites for hydroxylation is 2. The lowest BCUT2D eigenvalue weighted by Gasteiger charge is -2.19. The van der Waals surface area contributed by atoms with Gasteiger partial charge in [0.15, 0.2) is 5.52 Å². The summed E-state index contributed by atoms with van der Waals surface area (Å²) in [5.74, 6) is -0.479. The average Bonchev–Trinajstić information content (AvgIpc) is 3.30. The summed E-state index contributed by atoms with van der Waals surface area (Å²) in [5.41, 5.74) is 2.63. The van der Waals surface area contributed by atoms with Crippen molar-refractivity contribution < 1.29 is 9.53 Å². The molecule has 0 saturated carbocycles. The molecule has 4 aromatic rings.